The van der Waals surface area contributed by atoms with Crippen molar-refractivity contribution < 1.29 is 0 Å². The van der Waals surface area contributed by atoms with Crippen molar-refractivity contribution >= 4 is 0 Å². The highest BCUT2D eigenvalue weighted by molar-refractivity contribution is 5.24. The van der Waals surface area contributed by atoms with Gasteiger partial charge in [-0.05, 0) is 49.4 Å². The Labute approximate surface area is 99.5 Å². The summed E-state index contributed by atoms with van der Waals surface area (Å²) in [7, 11) is 2.03. The van der Waals surface area contributed by atoms with Crippen LogP contribution in [-0.2, 0) is 0 Å². The van der Waals surface area contributed by atoms with Gasteiger partial charge in [0, 0.05) is 18.4 Å². The molecule has 0 radical (unpaired) electrons. The molecule has 0 bridgehead atoms. The average Bonchev–Trinajstić information content (AvgIpc) is 2.20. The first-order valence-electron chi connectivity index (χ1n) is 6.02. The number of aromatic nitrogens is 1. The van der Waals surface area contributed by atoms with Gasteiger partial charge in [0.1, 0.15) is 0 Å². The molecule has 2 heteroatoms. The fourth-order valence-corrected chi connectivity index (χ4v) is 1.87. The zero-order valence-electron chi connectivity index (χ0n) is 11.2. The van der Waals surface area contributed by atoms with Crippen LogP contribution in [0.15, 0.2) is 18.5 Å². The zero-order chi connectivity index (χ0) is 12.2. The summed E-state index contributed by atoms with van der Waals surface area (Å²) in [4.78, 5) is 4.22. The molecule has 1 unspecified atom stereocenters. The Hall–Kier alpha value is -0.890. The second kappa shape index (κ2) is 5.44. The predicted octanol–water partition coefficient (Wildman–Crippen LogP) is 3.48. The summed E-state index contributed by atoms with van der Waals surface area (Å²) >= 11 is 0. The van der Waals surface area contributed by atoms with Crippen LogP contribution < -0.4 is 5.32 Å². The lowest BCUT2D eigenvalue weighted by Crippen LogP contribution is -2.20. The van der Waals surface area contributed by atoms with E-state index in [1.807, 2.05) is 19.4 Å². The number of hydrogen-bond donors (Lipinski definition) is 1. The normalized spacial score (nSPS) is 13.8. The van der Waals surface area contributed by atoms with Gasteiger partial charge >= 0.3 is 0 Å². The molecule has 1 aromatic rings. The van der Waals surface area contributed by atoms with E-state index in [0.717, 1.165) is 6.42 Å². The molecule has 0 aromatic carbocycles. The largest absolute Gasteiger partial charge is 0.313 e. The minimum absolute atomic E-state index is 0.394. The first-order chi connectivity index (χ1) is 7.44. The summed E-state index contributed by atoms with van der Waals surface area (Å²) in [5.41, 5.74) is 3.04. The van der Waals surface area contributed by atoms with Gasteiger partial charge in [-0.1, -0.05) is 20.8 Å². The third-order valence-corrected chi connectivity index (χ3v) is 2.99. The molecule has 0 aliphatic carbocycles. The van der Waals surface area contributed by atoms with Crippen LogP contribution >= 0.6 is 0 Å². The minimum atomic E-state index is 0.394. The number of hydrogen-bond acceptors (Lipinski definition) is 2. The topological polar surface area (TPSA) is 24.9 Å². The number of nitrogens with one attached hydrogen (secondary N) is 1. The van der Waals surface area contributed by atoms with Crippen molar-refractivity contribution in [2.24, 2.45) is 5.41 Å². The van der Waals surface area contributed by atoms with Crippen molar-refractivity contribution in [3.63, 3.8) is 0 Å². The van der Waals surface area contributed by atoms with Gasteiger partial charge in [0.15, 0.2) is 0 Å². The summed E-state index contributed by atoms with van der Waals surface area (Å²) in [6.07, 6.45) is 6.22. The van der Waals surface area contributed by atoms with Gasteiger partial charge in [0.05, 0.1) is 0 Å². The maximum Gasteiger partial charge on any atom is 0.0335 e. The van der Waals surface area contributed by atoms with Crippen LogP contribution in [-0.4, -0.2) is 12.0 Å². The number of aryl methyl sites for hydroxylation is 1. The molecule has 1 atom stereocenters. The van der Waals surface area contributed by atoms with Crippen LogP contribution in [0.3, 0.4) is 0 Å². The van der Waals surface area contributed by atoms with E-state index in [9.17, 15) is 0 Å². The molecule has 2 nitrogen and oxygen atoms in total. The molecule has 90 valence electrons. The molecule has 1 heterocycles. The van der Waals surface area contributed by atoms with E-state index in [1.165, 1.54) is 17.5 Å². The summed E-state index contributed by atoms with van der Waals surface area (Å²) < 4.78 is 0. The van der Waals surface area contributed by atoms with Gasteiger partial charge in [0.2, 0.25) is 0 Å². The fraction of sp³-hybridized carbons (Fsp3) is 0.643. The molecule has 1 rings (SSSR count). The Kier molecular flexibility index (Phi) is 4.48. The van der Waals surface area contributed by atoms with E-state index in [-0.39, 0.29) is 0 Å². The van der Waals surface area contributed by atoms with Crippen molar-refractivity contribution in [1.82, 2.24) is 10.3 Å². The molecule has 1 N–H and O–H groups in total. The van der Waals surface area contributed by atoms with Crippen molar-refractivity contribution in [1.29, 1.82) is 0 Å². The van der Waals surface area contributed by atoms with E-state index in [1.54, 1.807) is 0 Å². The SMILES string of the molecule is CNC(CCC(C)(C)C)c1cnccc1C. The summed E-state index contributed by atoms with van der Waals surface area (Å²) in [6.45, 7) is 9.01. The van der Waals surface area contributed by atoms with Gasteiger partial charge in [-0.15, -0.1) is 0 Å². The average molecular weight is 220 g/mol. The van der Waals surface area contributed by atoms with Crippen molar-refractivity contribution in [3.8, 4) is 0 Å². The van der Waals surface area contributed by atoms with Crippen LogP contribution in [0.25, 0.3) is 0 Å². The Morgan fingerprint density at radius 1 is 1.38 bits per heavy atom. The zero-order valence-corrected chi connectivity index (χ0v) is 11.2. The second-order valence-electron chi connectivity index (χ2n) is 5.67. The van der Waals surface area contributed by atoms with E-state index in [0.29, 0.717) is 11.5 Å². The molecule has 0 saturated carbocycles. The maximum atomic E-state index is 4.22. The van der Waals surface area contributed by atoms with Crippen LogP contribution in [0.5, 0.6) is 0 Å². The lowest BCUT2D eigenvalue weighted by molar-refractivity contribution is 0.337. The van der Waals surface area contributed by atoms with Crippen LogP contribution in [0, 0.1) is 12.3 Å². The van der Waals surface area contributed by atoms with Crippen LogP contribution in [0.4, 0.5) is 0 Å². The molecular weight excluding hydrogens is 196 g/mol. The molecule has 1 aromatic heterocycles. The molecule has 0 aliphatic rings. The third kappa shape index (κ3) is 3.93. The Morgan fingerprint density at radius 3 is 2.56 bits per heavy atom. The third-order valence-electron chi connectivity index (χ3n) is 2.99. The Bertz CT molecular complexity index is 326. The van der Waals surface area contributed by atoms with Gasteiger partial charge in [-0.2, -0.15) is 0 Å². The molecular formula is C14H24N2. The summed E-state index contributed by atoms with van der Waals surface area (Å²) in [6, 6.07) is 2.50. The molecule has 0 amide bonds. The lowest BCUT2D eigenvalue weighted by Gasteiger charge is -2.24. The van der Waals surface area contributed by atoms with Gasteiger partial charge in [0.25, 0.3) is 0 Å². The summed E-state index contributed by atoms with van der Waals surface area (Å²) in [5, 5.41) is 3.39. The fourth-order valence-electron chi connectivity index (χ4n) is 1.87. The smallest absolute Gasteiger partial charge is 0.0335 e. The predicted molar refractivity (Wildman–Crippen MR) is 69.5 cm³/mol. The van der Waals surface area contributed by atoms with Crippen molar-refractivity contribution in [2.45, 2.75) is 46.6 Å². The van der Waals surface area contributed by atoms with Gasteiger partial charge in [-0.3, -0.25) is 4.98 Å². The van der Waals surface area contributed by atoms with E-state index < -0.39 is 0 Å². The number of nitrogens with zero attached hydrogens (tertiary/aromatic N) is 1. The van der Waals surface area contributed by atoms with Crippen LogP contribution in [0.1, 0.15) is 50.8 Å². The monoisotopic (exact) mass is 220 g/mol. The second-order valence-corrected chi connectivity index (χ2v) is 5.67. The van der Waals surface area contributed by atoms with Gasteiger partial charge < -0.3 is 5.32 Å². The van der Waals surface area contributed by atoms with E-state index in [4.69, 9.17) is 0 Å². The van der Waals surface area contributed by atoms with Crippen molar-refractivity contribution in [2.75, 3.05) is 7.05 Å². The highest BCUT2D eigenvalue weighted by Crippen LogP contribution is 2.28. The first kappa shape index (κ1) is 13.2. The lowest BCUT2D eigenvalue weighted by atomic mass is 9.87. The quantitative estimate of drug-likeness (QED) is 0.840. The Morgan fingerprint density at radius 2 is 2.06 bits per heavy atom. The van der Waals surface area contributed by atoms with E-state index in [2.05, 4.69) is 44.1 Å². The molecule has 0 aliphatic heterocycles. The minimum Gasteiger partial charge on any atom is -0.313 e. The highest BCUT2D eigenvalue weighted by Gasteiger charge is 2.16. The van der Waals surface area contributed by atoms with Crippen molar-refractivity contribution in [3.05, 3.63) is 29.6 Å². The van der Waals surface area contributed by atoms with E-state index >= 15 is 0 Å². The Balaban J connectivity index is 2.72. The first-order valence-corrected chi connectivity index (χ1v) is 6.02. The molecule has 16 heavy (non-hydrogen) atoms. The summed E-state index contributed by atoms with van der Waals surface area (Å²) in [5.74, 6) is 0. The van der Waals surface area contributed by atoms with Gasteiger partial charge in [-0.25, -0.2) is 0 Å². The van der Waals surface area contributed by atoms with Crippen LogP contribution in [0.2, 0.25) is 0 Å². The number of pyridine rings is 1. The highest BCUT2D eigenvalue weighted by atomic mass is 14.9. The molecule has 0 saturated heterocycles. The molecule has 0 fully saturated rings. The maximum absolute atomic E-state index is 4.22. The standard InChI is InChI=1S/C14H24N2/c1-11-7-9-16-10-12(11)13(15-5)6-8-14(2,3)4/h7,9-10,13,15H,6,8H2,1-5H3. The number of rotatable bonds is 4. The molecule has 0 spiro atoms.